The molecule has 1 aromatic carbocycles. The number of tetrazole rings is 1. The third-order valence-electron chi connectivity index (χ3n) is 6.80. The normalized spacial score (nSPS) is 19.0. The molecule has 2 aromatic heterocycles. The number of hydrogen-bond donors (Lipinski definition) is 1. The number of nitrogens with two attached hydrogens (primary N) is 1. The van der Waals surface area contributed by atoms with Gasteiger partial charge in [0.2, 0.25) is 11.7 Å². The molecule has 0 bridgehead atoms. The molecule has 2 aliphatic rings. The van der Waals surface area contributed by atoms with Crippen LogP contribution >= 0.6 is 0 Å². The fourth-order valence-electron chi connectivity index (χ4n) is 4.88. The number of methoxy groups -OCH3 is 1. The minimum absolute atomic E-state index is 0.0212. The van der Waals surface area contributed by atoms with Crippen LogP contribution in [0.5, 0.6) is 5.75 Å². The first-order valence-electron chi connectivity index (χ1n) is 11.4. The van der Waals surface area contributed by atoms with Crippen molar-refractivity contribution in [2.75, 3.05) is 20.4 Å². The largest absolute Gasteiger partial charge is 0.496 e. The molecule has 2 aliphatic heterocycles. The fraction of sp³-hybridized carbons (Fsp3) is 0.435. The van der Waals surface area contributed by atoms with Crippen LogP contribution in [0.15, 0.2) is 18.2 Å². The van der Waals surface area contributed by atoms with Gasteiger partial charge in [0.15, 0.2) is 0 Å². The standard InChI is InChI=1S/C23H24F3N7O4/c1-22(21(27)35)10-37-11-33(22)20(34)16-6-13(9-23(24,25)26)18-14-8-15(19-28-30-31(2)29-19)17(36-3)7-12(14)4-5-32(16)18/h6-8H,4-5,9-11H2,1-3H3,(H2,27,35)/t22-/m1/s1. The molecule has 1 atom stereocenters. The number of aromatic nitrogens is 5. The van der Waals surface area contributed by atoms with Crippen molar-refractivity contribution >= 4 is 11.8 Å². The number of hydrogen-bond acceptors (Lipinski definition) is 7. The molecule has 11 nitrogen and oxygen atoms in total. The van der Waals surface area contributed by atoms with E-state index in [1.165, 1.54) is 24.9 Å². The van der Waals surface area contributed by atoms with Crippen molar-refractivity contribution in [1.82, 2.24) is 29.7 Å². The van der Waals surface area contributed by atoms with Crippen molar-refractivity contribution < 1.29 is 32.2 Å². The maximum absolute atomic E-state index is 13.7. The molecular weight excluding hydrogens is 495 g/mol. The van der Waals surface area contributed by atoms with Crippen molar-refractivity contribution in [2.45, 2.75) is 38.0 Å². The van der Waals surface area contributed by atoms with Crippen LogP contribution in [-0.4, -0.2) is 73.7 Å². The van der Waals surface area contributed by atoms with E-state index in [0.29, 0.717) is 23.3 Å². The van der Waals surface area contributed by atoms with Gasteiger partial charge in [-0.3, -0.25) is 14.5 Å². The van der Waals surface area contributed by atoms with Crippen LogP contribution in [0.2, 0.25) is 0 Å². The summed E-state index contributed by atoms with van der Waals surface area (Å²) in [5, 5.41) is 12.1. The van der Waals surface area contributed by atoms with Gasteiger partial charge in [-0.25, -0.2) is 0 Å². The Morgan fingerprint density at radius 2 is 2.00 bits per heavy atom. The molecule has 4 heterocycles. The molecule has 1 fully saturated rings. The van der Waals surface area contributed by atoms with Gasteiger partial charge >= 0.3 is 6.18 Å². The van der Waals surface area contributed by atoms with Gasteiger partial charge in [-0.15, -0.1) is 10.2 Å². The predicted molar refractivity (Wildman–Crippen MR) is 122 cm³/mol. The summed E-state index contributed by atoms with van der Waals surface area (Å²) in [4.78, 5) is 28.1. The molecule has 37 heavy (non-hydrogen) atoms. The van der Waals surface area contributed by atoms with Gasteiger partial charge in [-0.2, -0.15) is 18.0 Å². The SMILES string of the molecule is COc1cc2c(cc1-c1nnn(C)n1)-c1c(CC(F)(F)F)cc(C(=O)N3COC[C@]3(C)C(N)=O)n1CC2. The number of primary amides is 1. The van der Waals surface area contributed by atoms with E-state index < -0.39 is 30.0 Å². The fourth-order valence-corrected chi connectivity index (χ4v) is 4.88. The van der Waals surface area contributed by atoms with Gasteiger partial charge in [-0.1, -0.05) is 0 Å². The van der Waals surface area contributed by atoms with Crippen LogP contribution in [-0.2, 0) is 36.0 Å². The first-order chi connectivity index (χ1) is 17.4. The van der Waals surface area contributed by atoms with Crippen LogP contribution in [0.25, 0.3) is 22.6 Å². The highest BCUT2D eigenvalue weighted by molar-refractivity contribution is 5.99. The molecule has 0 spiro atoms. The number of nitrogens with zero attached hydrogens (tertiary/aromatic N) is 6. The minimum Gasteiger partial charge on any atom is -0.496 e. The highest BCUT2D eigenvalue weighted by Gasteiger charge is 2.47. The average Bonchev–Trinajstić information content (AvgIpc) is 3.54. The van der Waals surface area contributed by atoms with Gasteiger partial charge in [-0.05, 0) is 47.9 Å². The second kappa shape index (κ2) is 8.57. The van der Waals surface area contributed by atoms with Crippen LogP contribution < -0.4 is 10.5 Å². The van der Waals surface area contributed by atoms with Gasteiger partial charge < -0.3 is 19.8 Å². The van der Waals surface area contributed by atoms with E-state index in [4.69, 9.17) is 15.2 Å². The zero-order valence-corrected chi connectivity index (χ0v) is 20.3. The molecule has 5 rings (SSSR count). The monoisotopic (exact) mass is 519 g/mol. The summed E-state index contributed by atoms with van der Waals surface area (Å²) in [6.07, 6.45) is -5.35. The molecule has 0 radical (unpaired) electrons. The number of carbonyl (C=O) groups is 2. The molecular formula is C23H24F3N7O4. The van der Waals surface area contributed by atoms with Gasteiger partial charge in [0.1, 0.15) is 23.7 Å². The van der Waals surface area contributed by atoms with E-state index in [-0.39, 0.29) is 42.7 Å². The van der Waals surface area contributed by atoms with E-state index in [9.17, 15) is 22.8 Å². The van der Waals surface area contributed by atoms with Crippen molar-refractivity contribution in [3.63, 3.8) is 0 Å². The number of aryl methyl sites for hydroxylation is 2. The second-order valence-electron chi connectivity index (χ2n) is 9.26. The molecule has 196 valence electrons. The molecule has 0 aliphatic carbocycles. The Morgan fingerprint density at radius 3 is 2.62 bits per heavy atom. The predicted octanol–water partition coefficient (Wildman–Crippen LogP) is 1.69. The van der Waals surface area contributed by atoms with Crippen LogP contribution in [0, 0.1) is 0 Å². The van der Waals surface area contributed by atoms with Crippen molar-refractivity contribution in [1.29, 1.82) is 0 Å². The molecule has 1 saturated heterocycles. The number of carbonyl (C=O) groups excluding carboxylic acids is 2. The van der Waals surface area contributed by atoms with Gasteiger partial charge in [0.05, 0.1) is 38.4 Å². The Kier molecular flexibility index (Phi) is 5.73. The highest BCUT2D eigenvalue weighted by Crippen LogP contribution is 2.42. The summed E-state index contributed by atoms with van der Waals surface area (Å²) < 4.78 is 53.4. The maximum atomic E-state index is 13.7. The second-order valence-corrected chi connectivity index (χ2v) is 9.26. The van der Waals surface area contributed by atoms with E-state index in [2.05, 4.69) is 15.4 Å². The Morgan fingerprint density at radius 1 is 1.24 bits per heavy atom. The van der Waals surface area contributed by atoms with Crippen LogP contribution in [0.4, 0.5) is 13.2 Å². The lowest BCUT2D eigenvalue weighted by atomic mass is 9.92. The first-order valence-corrected chi connectivity index (χ1v) is 11.4. The van der Waals surface area contributed by atoms with Crippen LogP contribution in [0.1, 0.15) is 28.5 Å². The van der Waals surface area contributed by atoms with Crippen LogP contribution in [0.3, 0.4) is 0 Å². The topological polar surface area (TPSA) is 130 Å². The zero-order valence-electron chi connectivity index (χ0n) is 20.3. The molecule has 2 amide bonds. The lowest BCUT2D eigenvalue weighted by Gasteiger charge is -2.31. The first kappa shape index (κ1) is 24.7. The number of fused-ring (bicyclic) bond motifs is 3. The molecule has 3 aromatic rings. The third-order valence-corrected chi connectivity index (χ3v) is 6.80. The Balaban J connectivity index is 1.69. The van der Waals surface area contributed by atoms with E-state index in [1.807, 2.05) is 0 Å². The Labute approximate surface area is 208 Å². The summed E-state index contributed by atoms with van der Waals surface area (Å²) >= 11 is 0. The van der Waals surface area contributed by atoms with Crippen molar-refractivity contribution in [3.05, 3.63) is 35.0 Å². The summed E-state index contributed by atoms with van der Waals surface area (Å²) in [7, 11) is 3.07. The maximum Gasteiger partial charge on any atom is 0.393 e. The molecule has 14 heteroatoms. The van der Waals surface area contributed by atoms with Crippen molar-refractivity contribution in [3.8, 4) is 28.4 Å². The highest BCUT2D eigenvalue weighted by atomic mass is 19.4. The molecule has 0 saturated carbocycles. The average molecular weight is 519 g/mol. The smallest absolute Gasteiger partial charge is 0.393 e. The van der Waals surface area contributed by atoms with Gasteiger partial charge in [0, 0.05) is 12.1 Å². The lowest BCUT2D eigenvalue weighted by Crippen LogP contribution is -2.55. The summed E-state index contributed by atoms with van der Waals surface area (Å²) in [5.74, 6) is -0.711. The number of ether oxygens (including phenoxy) is 2. The Bertz CT molecular complexity index is 1410. The van der Waals surface area contributed by atoms with E-state index in [1.54, 1.807) is 23.7 Å². The van der Waals surface area contributed by atoms with Gasteiger partial charge in [0.25, 0.3) is 5.91 Å². The summed E-state index contributed by atoms with van der Waals surface area (Å²) in [6.45, 7) is 1.41. The molecule has 2 N–H and O–H groups in total. The van der Waals surface area contributed by atoms with Crippen molar-refractivity contribution in [2.24, 2.45) is 12.8 Å². The number of benzene rings is 1. The number of amides is 2. The quantitative estimate of drug-likeness (QED) is 0.543. The Hall–Kier alpha value is -3.94. The number of halogens is 3. The van der Waals surface area contributed by atoms with E-state index >= 15 is 0 Å². The lowest BCUT2D eigenvalue weighted by molar-refractivity contribution is -0.127. The minimum atomic E-state index is -4.53. The molecule has 0 unspecified atom stereocenters. The summed E-state index contributed by atoms with van der Waals surface area (Å²) in [5.41, 5.74) is 6.03. The van der Waals surface area contributed by atoms with E-state index in [0.717, 1.165) is 10.5 Å². The third kappa shape index (κ3) is 4.10. The summed E-state index contributed by atoms with van der Waals surface area (Å²) in [6, 6.07) is 4.65. The number of rotatable bonds is 5. The zero-order chi connectivity index (χ0) is 26.7. The number of alkyl halides is 3.